The van der Waals surface area contributed by atoms with Crippen LogP contribution in [0.4, 0.5) is 18.0 Å². The Bertz CT molecular complexity index is 604. The molecule has 3 fully saturated rings. The van der Waals surface area contributed by atoms with E-state index in [0.717, 1.165) is 6.42 Å². The van der Waals surface area contributed by atoms with E-state index in [9.17, 15) is 27.9 Å². The van der Waals surface area contributed by atoms with E-state index < -0.39 is 47.9 Å². The summed E-state index contributed by atoms with van der Waals surface area (Å²) < 4.78 is 43.2. The van der Waals surface area contributed by atoms with Gasteiger partial charge >= 0.3 is 12.3 Å². The van der Waals surface area contributed by atoms with Crippen molar-refractivity contribution in [3.63, 3.8) is 0 Å². The molecule has 9 heteroatoms. The summed E-state index contributed by atoms with van der Waals surface area (Å²) in [6.07, 6.45) is -6.27. The number of hydrogen-bond donors (Lipinski definition) is 2. The van der Waals surface area contributed by atoms with E-state index in [-0.39, 0.29) is 18.4 Å². The molecule has 0 aromatic rings. The first-order chi connectivity index (χ1) is 11.8. The van der Waals surface area contributed by atoms with Crippen LogP contribution in [0.25, 0.3) is 0 Å². The molecule has 3 aliphatic rings. The highest BCUT2D eigenvalue weighted by Crippen LogP contribution is 2.53. The average Bonchev–Trinajstić information content (AvgIpc) is 2.53. The van der Waals surface area contributed by atoms with Gasteiger partial charge in [0.1, 0.15) is 12.0 Å². The second kappa shape index (κ2) is 6.00. The van der Waals surface area contributed by atoms with Crippen molar-refractivity contribution in [1.82, 2.24) is 10.2 Å². The Kier molecular flexibility index (Phi) is 4.45. The Morgan fingerprint density at radius 3 is 2.50 bits per heavy atom. The van der Waals surface area contributed by atoms with E-state index in [0.29, 0.717) is 12.8 Å². The van der Waals surface area contributed by atoms with Crippen LogP contribution in [-0.2, 0) is 9.53 Å². The van der Waals surface area contributed by atoms with Gasteiger partial charge in [-0.25, -0.2) is 4.79 Å². The molecule has 6 nitrogen and oxygen atoms in total. The van der Waals surface area contributed by atoms with Gasteiger partial charge in [0.15, 0.2) is 0 Å². The molecule has 1 heterocycles. The van der Waals surface area contributed by atoms with E-state index in [1.165, 1.54) is 4.90 Å². The minimum absolute atomic E-state index is 0.0470. The lowest BCUT2D eigenvalue weighted by Gasteiger charge is -2.43. The summed E-state index contributed by atoms with van der Waals surface area (Å²) in [5, 5.41) is 13.6. The molecule has 3 rings (SSSR count). The molecule has 0 aromatic heterocycles. The number of alkyl halides is 3. The number of aliphatic hydroxyl groups is 1. The number of carbonyl (C=O) groups is 2. The summed E-state index contributed by atoms with van der Waals surface area (Å²) in [5.41, 5.74) is -1.65. The number of amides is 2. The Balaban J connectivity index is 1.78. The summed E-state index contributed by atoms with van der Waals surface area (Å²) in [4.78, 5) is 25.6. The van der Waals surface area contributed by atoms with Crippen LogP contribution in [0.1, 0.15) is 46.5 Å². The Hall–Kier alpha value is -1.51. The lowest BCUT2D eigenvalue weighted by Crippen LogP contribution is -2.57. The number of ether oxygens (including phenoxy) is 1. The van der Waals surface area contributed by atoms with Crippen molar-refractivity contribution in [2.45, 2.75) is 75.9 Å². The molecule has 1 aliphatic heterocycles. The first-order valence-corrected chi connectivity index (χ1v) is 8.85. The van der Waals surface area contributed by atoms with Gasteiger partial charge in [0.25, 0.3) is 0 Å². The number of hydrogen-bond acceptors (Lipinski definition) is 4. The van der Waals surface area contributed by atoms with Crippen molar-refractivity contribution in [3.8, 4) is 0 Å². The number of halogens is 3. The molecule has 0 spiro atoms. The summed E-state index contributed by atoms with van der Waals surface area (Å²) in [6, 6.07) is -0.696. The molecule has 2 N–H and O–H groups in total. The molecular weight excluding hydrogens is 353 g/mol. The molecule has 0 radical (unpaired) electrons. The zero-order valence-electron chi connectivity index (χ0n) is 15.1. The number of nitrogens with zero attached hydrogens (tertiary/aromatic N) is 1. The Labute approximate surface area is 150 Å². The number of likely N-dealkylation sites (tertiary alicyclic amines) is 1. The van der Waals surface area contributed by atoms with E-state index in [4.69, 9.17) is 4.74 Å². The molecule has 0 aromatic carbocycles. The number of carbonyl (C=O) groups excluding carboxylic acids is 2. The SMILES string of the molecule is CC(C)(C)OC(=O)N[C@]12CC3C[C@@H](C1)C([C@H]2O)N(C(=O)CC(F)(F)F)C3. The van der Waals surface area contributed by atoms with Gasteiger partial charge in [-0.05, 0) is 51.9 Å². The number of fused-ring (bicyclic) bond motifs is 2. The molecule has 148 valence electrons. The zero-order chi connectivity index (χ0) is 19.5. The van der Waals surface area contributed by atoms with E-state index >= 15 is 0 Å². The Morgan fingerprint density at radius 1 is 1.27 bits per heavy atom. The minimum Gasteiger partial charge on any atom is -0.444 e. The van der Waals surface area contributed by atoms with Gasteiger partial charge in [0.2, 0.25) is 5.91 Å². The Morgan fingerprint density at radius 2 is 1.92 bits per heavy atom. The van der Waals surface area contributed by atoms with Gasteiger partial charge in [-0.2, -0.15) is 13.2 Å². The fourth-order valence-corrected chi connectivity index (χ4v) is 4.94. The quantitative estimate of drug-likeness (QED) is 0.772. The topological polar surface area (TPSA) is 78.9 Å². The summed E-state index contributed by atoms with van der Waals surface area (Å²) in [7, 11) is 0. The number of aliphatic hydroxyl groups excluding tert-OH is 1. The highest BCUT2D eigenvalue weighted by Gasteiger charge is 2.63. The van der Waals surface area contributed by atoms with Crippen LogP contribution >= 0.6 is 0 Å². The van der Waals surface area contributed by atoms with Crippen LogP contribution in [-0.4, -0.2) is 58.0 Å². The summed E-state index contributed by atoms with van der Waals surface area (Å²) in [6.45, 7) is 5.35. The molecule has 2 saturated carbocycles. The molecule has 2 amide bonds. The van der Waals surface area contributed by atoms with Crippen LogP contribution in [0.3, 0.4) is 0 Å². The smallest absolute Gasteiger partial charge is 0.408 e. The lowest BCUT2D eigenvalue weighted by molar-refractivity contribution is -0.167. The highest BCUT2D eigenvalue weighted by atomic mass is 19.4. The number of rotatable bonds is 2. The molecule has 2 unspecified atom stereocenters. The first kappa shape index (κ1) is 19.3. The highest BCUT2D eigenvalue weighted by molar-refractivity contribution is 5.78. The molecule has 26 heavy (non-hydrogen) atoms. The minimum atomic E-state index is -4.58. The maximum atomic E-state index is 12.6. The summed E-state index contributed by atoms with van der Waals surface area (Å²) in [5.74, 6) is -1.18. The van der Waals surface area contributed by atoms with E-state index in [2.05, 4.69) is 5.32 Å². The van der Waals surface area contributed by atoms with Gasteiger partial charge in [0.05, 0.1) is 17.7 Å². The number of alkyl carbamates (subject to hydrolysis) is 1. The van der Waals surface area contributed by atoms with E-state index in [1.54, 1.807) is 20.8 Å². The largest absolute Gasteiger partial charge is 0.444 e. The van der Waals surface area contributed by atoms with Gasteiger partial charge in [-0.15, -0.1) is 0 Å². The molecular formula is C17H25F3N2O4. The van der Waals surface area contributed by atoms with Crippen LogP contribution < -0.4 is 5.32 Å². The van der Waals surface area contributed by atoms with Crippen LogP contribution in [0.2, 0.25) is 0 Å². The fraction of sp³-hybridized carbons (Fsp3) is 0.882. The van der Waals surface area contributed by atoms with Gasteiger partial charge in [-0.1, -0.05) is 0 Å². The third-order valence-corrected chi connectivity index (χ3v) is 5.52. The second-order valence-electron chi connectivity index (χ2n) is 8.83. The predicted molar refractivity (Wildman–Crippen MR) is 85.1 cm³/mol. The second-order valence-corrected chi connectivity index (χ2v) is 8.83. The number of nitrogens with one attached hydrogen (secondary N) is 1. The zero-order valence-corrected chi connectivity index (χ0v) is 15.1. The summed E-state index contributed by atoms with van der Waals surface area (Å²) >= 11 is 0. The van der Waals surface area contributed by atoms with Crippen molar-refractivity contribution >= 4 is 12.0 Å². The molecule has 5 atom stereocenters. The maximum absolute atomic E-state index is 12.6. The molecule has 2 aliphatic carbocycles. The van der Waals surface area contributed by atoms with Crippen LogP contribution in [0, 0.1) is 11.8 Å². The monoisotopic (exact) mass is 378 g/mol. The van der Waals surface area contributed by atoms with Crippen molar-refractivity contribution < 1.29 is 32.6 Å². The lowest BCUT2D eigenvalue weighted by atomic mass is 9.74. The maximum Gasteiger partial charge on any atom is 0.408 e. The average molecular weight is 378 g/mol. The standard InChI is InChI=1S/C17H25F3N2O4/c1-15(2,3)26-14(25)21-16-5-9-4-10(6-16)12(13(16)24)22(8-9)11(23)7-17(18,19)20/h9-10,12-13,24H,4-8H2,1-3H3,(H,21,25)/t9?,10-,12?,13+,16+/m0/s1. The molecule has 1 saturated heterocycles. The molecule has 3 bridgehead atoms. The first-order valence-electron chi connectivity index (χ1n) is 8.85. The van der Waals surface area contributed by atoms with Gasteiger partial charge in [-0.3, -0.25) is 4.79 Å². The predicted octanol–water partition coefficient (Wildman–Crippen LogP) is 2.20. The third kappa shape index (κ3) is 3.63. The van der Waals surface area contributed by atoms with E-state index in [1.807, 2.05) is 0 Å². The van der Waals surface area contributed by atoms with Crippen molar-refractivity contribution in [2.75, 3.05) is 6.54 Å². The number of piperidine rings is 1. The van der Waals surface area contributed by atoms with Crippen LogP contribution in [0.5, 0.6) is 0 Å². The van der Waals surface area contributed by atoms with Gasteiger partial charge < -0.3 is 20.1 Å². The fourth-order valence-electron chi connectivity index (χ4n) is 4.94. The van der Waals surface area contributed by atoms with Crippen molar-refractivity contribution in [2.24, 2.45) is 11.8 Å². The normalized spacial score (nSPS) is 36.2. The van der Waals surface area contributed by atoms with Crippen LogP contribution in [0.15, 0.2) is 0 Å². The van der Waals surface area contributed by atoms with Crippen molar-refractivity contribution in [3.05, 3.63) is 0 Å². The van der Waals surface area contributed by atoms with Crippen molar-refractivity contribution in [1.29, 1.82) is 0 Å². The van der Waals surface area contributed by atoms with Gasteiger partial charge in [0, 0.05) is 6.54 Å². The third-order valence-electron chi connectivity index (χ3n) is 5.52.